The van der Waals surface area contributed by atoms with Crippen LogP contribution in [0, 0.1) is 0 Å². The Morgan fingerprint density at radius 2 is 1.47 bits per heavy atom. The molecule has 0 bridgehead atoms. The Morgan fingerprint density at radius 3 is 2.18 bits per heavy atom. The number of phenols is 1. The van der Waals surface area contributed by atoms with Crippen molar-refractivity contribution in [1.82, 2.24) is 0 Å². The average Bonchev–Trinajstić information content (AvgIpc) is 2.38. The molecule has 0 saturated heterocycles. The third-order valence-corrected chi connectivity index (χ3v) is 3.18. The molecule has 88 valence electrons. The molecule has 0 aliphatic carbocycles. The number of rotatable bonds is 3. The molecular formula is C16H18O. The molecule has 0 spiro atoms. The van der Waals surface area contributed by atoms with E-state index in [1.54, 1.807) is 6.07 Å². The summed E-state index contributed by atoms with van der Waals surface area (Å²) >= 11 is 0. The van der Waals surface area contributed by atoms with Gasteiger partial charge in [-0.2, -0.15) is 0 Å². The second-order valence-corrected chi connectivity index (χ2v) is 4.18. The van der Waals surface area contributed by atoms with E-state index in [1.165, 1.54) is 11.1 Å². The first-order valence-electron chi connectivity index (χ1n) is 6.17. The lowest BCUT2D eigenvalue weighted by molar-refractivity contribution is 0.476. The summed E-state index contributed by atoms with van der Waals surface area (Å²) in [4.78, 5) is 0. The topological polar surface area (TPSA) is 20.2 Å². The molecule has 17 heavy (non-hydrogen) atoms. The van der Waals surface area contributed by atoms with Gasteiger partial charge in [-0.1, -0.05) is 50.2 Å². The van der Waals surface area contributed by atoms with Crippen molar-refractivity contribution in [2.75, 3.05) is 0 Å². The van der Waals surface area contributed by atoms with Crippen LogP contribution in [0.25, 0.3) is 11.1 Å². The standard InChI is InChI=1S/C16H18O/c1-3-12-8-5-6-10-14(12)16-13(4-2)9-7-11-15(16)17/h5-11,17H,3-4H2,1-2H3. The predicted molar refractivity (Wildman–Crippen MR) is 72.3 cm³/mol. The molecule has 1 N–H and O–H groups in total. The molecule has 0 saturated carbocycles. The fraction of sp³-hybridized carbons (Fsp3) is 0.250. The van der Waals surface area contributed by atoms with Gasteiger partial charge in [0, 0.05) is 5.56 Å². The van der Waals surface area contributed by atoms with Crippen LogP contribution in [0.5, 0.6) is 5.75 Å². The monoisotopic (exact) mass is 226 g/mol. The number of benzene rings is 2. The van der Waals surface area contributed by atoms with Gasteiger partial charge in [0.05, 0.1) is 0 Å². The quantitative estimate of drug-likeness (QED) is 0.832. The highest BCUT2D eigenvalue weighted by Gasteiger charge is 2.11. The summed E-state index contributed by atoms with van der Waals surface area (Å²) in [5, 5.41) is 10.1. The van der Waals surface area contributed by atoms with Crippen molar-refractivity contribution < 1.29 is 5.11 Å². The Hall–Kier alpha value is -1.76. The second kappa shape index (κ2) is 5.05. The van der Waals surface area contributed by atoms with Gasteiger partial charge in [-0.05, 0) is 35.6 Å². The van der Waals surface area contributed by atoms with Gasteiger partial charge in [0.15, 0.2) is 0 Å². The van der Waals surface area contributed by atoms with E-state index in [1.807, 2.05) is 18.2 Å². The number of aryl methyl sites for hydroxylation is 2. The summed E-state index contributed by atoms with van der Waals surface area (Å²) in [5.41, 5.74) is 4.63. The first-order valence-corrected chi connectivity index (χ1v) is 6.17. The van der Waals surface area contributed by atoms with Crippen molar-refractivity contribution in [2.24, 2.45) is 0 Å². The fourth-order valence-electron chi connectivity index (χ4n) is 2.26. The van der Waals surface area contributed by atoms with Crippen molar-refractivity contribution in [3.63, 3.8) is 0 Å². The Morgan fingerprint density at radius 1 is 0.824 bits per heavy atom. The van der Waals surface area contributed by atoms with E-state index in [0.717, 1.165) is 24.0 Å². The van der Waals surface area contributed by atoms with E-state index in [-0.39, 0.29) is 0 Å². The summed E-state index contributed by atoms with van der Waals surface area (Å²) < 4.78 is 0. The van der Waals surface area contributed by atoms with Gasteiger partial charge in [-0.25, -0.2) is 0 Å². The molecule has 0 atom stereocenters. The van der Waals surface area contributed by atoms with Crippen LogP contribution in [-0.4, -0.2) is 5.11 Å². The minimum atomic E-state index is 0.380. The van der Waals surface area contributed by atoms with E-state index in [2.05, 4.69) is 32.0 Å². The minimum Gasteiger partial charge on any atom is -0.507 e. The van der Waals surface area contributed by atoms with Crippen LogP contribution in [0.1, 0.15) is 25.0 Å². The third kappa shape index (κ3) is 2.19. The van der Waals surface area contributed by atoms with Crippen molar-refractivity contribution in [3.05, 3.63) is 53.6 Å². The lowest BCUT2D eigenvalue weighted by atomic mass is 9.92. The maximum atomic E-state index is 10.1. The van der Waals surface area contributed by atoms with Gasteiger partial charge in [-0.15, -0.1) is 0 Å². The number of hydrogen-bond acceptors (Lipinski definition) is 1. The third-order valence-electron chi connectivity index (χ3n) is 3.18. The molecule has 1 nitrogen and oxygen atoms in total. The van der Waals surface area contributed by atoms with Gasteiger partial charge in [-0.3, -0.25) is 0 Å². The maximum absolute atomic E-state index is 10.1. The van der Waals surface area contributed by atoms with Gasteiger partial charge in [0.1, 0.15) is 5.75 Å². The molecule has 2 rings (SSSR count). The zero-order valence-electron chi connectivity index (χ0n) is 10.4. The first-order chi connectivity index (χ1) is 8.27. The first kappa shape index (κ1) is 11.7. The normalized spacial score (nSPS) is 10.5. The molecule has 2 aromatic carbocycles. The van der Waals surface area contributed by atoms with Crippen LogP contribution in [0.3, 0.4) is 0 Å². The van der Waals surface area contributed by atoms with E-state index in [0.29, 0.717) is 5.75 Å². The van der Waals surface area contributed by atoms with Crippen molar-refractivity contribution in [2.45, 2.75) is 26.7 Å². The highest BCUT2D eigenvalue weighted by Crippen LogP contribution is 2.35. The molecule has 0 aliphatic heterocycles. The largest absolute Gasteiger partial charge is 0.507 e. The average molecular weight is 226 g/mol. The highest BCUT2D eigenvalue weighted by atomic mass is 16.3. The summed E-state index contributed by atoms with van der Waals surface area (Å²) in [5.74, 6) is 0.380. The zero-order chi connectivity index (χ0) is 12.3. The van der Waals surface area contributed by atoms with Crippen molar-refractivity contribution in [1.29, 1.82) is 0 Å². The lowest BCUT2D eigenvalue weighted by Crippen LogP contribution is -1.92. The summed E-state index contributed by atoms with van der Waals surface area (Å²) in [6.45, 7) is 4.26. The SMILES string of the molecule is CCc1ccccc1-c1c(O)cccc1CC. The zero-order valence-corrected chi connectivity index (χ0v) is 10.4. The number of aromatic hydroxyl groups is 1. The van der Waals surface area contributed by atoms with Crippen LogP contribution in [0.15, 0.2) is 42.5 Å². The molecular weight excluding hydrogens is 208 g/mol. The van der Waals surface area contributed by atoms with Gasteiger partial charge < -0.3 is 5.11 Å². The Balaban J connectivity index is 2.67. The fourth-order valence-corrected chi connectivity index (χ4v) is 2.26. The van der Waals surface area contributed by atoms with Crippen LogP contribution in [0.2, 0.25) is 0 Å². The smallest absolute Gasteiger partial charge is 0.123 e. The Bertz CT molecular complexity index is 515. The van der Waals surface area contributed by atoms with Crippen molar-refractivity contribution in [3.8, 4) is 16.9 Å². The Kier molecular flexibility index (Phi) is 3.48. The molecule has 0 aliphatic rings. The summed E-state index contributed by atoms with van der Waals surface area (Å²) in [6, 6.07) is 14.1. The van der Waals surface area contributed by atoms with Gasteiger partial charge in [0.2, 0.25) is 0 Å². The molecule has 2 aromatic rings. The van der Waals surface area contributed by atoms with E-state index >= 15 is 0 Å². The molecule has 0 aromatic heterocycles. The van der Waals surface area contributed by atoms with Gasteiger partial charge >= 0.3 is 0 Å². The van der Waals surface area contributed by atoms with Crippen LogP contribution >= 0.6 is 0 Å². The van der Waals surface area contributed by atoms with Crippen LogP contribution < -0.4 is 0 Å². The number of phenolic OH excluding ortho intramolecular Hbond substituents is 1. The summed E-state index contributed by atoms with van der Waals surface area (Å²) in [7, 11) is 0. The van der Waals surface area contributed by atoms with Crippen LogP contribution in [0.4, 0.5) is 0 Å². The highest BCUT2D eigenvalue weighted by molar-refractivity contribution is 5.76. The Labute approximate surface area is 103 Å². The molecule has 0 heterocycles. The van der Waals surface area contributed by atoms with E-state index in [4.69, 9.17) is 0 Å². The molecule has 0 fully saturated rings. The second-order valence-electron chi connectivity index (χ2n) is 4.18. The van der Waals surface area contributed by atoms with E-state index < -0.39 is 0 Å². The summed E-state index contributed by atoms with van der Waals surface area (Å²) in [6.07, 6.45) is 1.91. The maximum Gasteiger partial charge on any atom is 0.123 e. The molecule has 0 unspecified atom stereocenters. The minimum absolute atomic E-state index is 0.380. The van der Waals surface area contributed by atoms with E-state index in [9.17, 15) is 5.11 Å². The van der Waals surface area contributed by atoms with Gasteiger partial charge in [0.25, 0.3) is 0 Å². The predicted octanol–water partition coefficient (Wildman–Crippen LogP) is 4.18. The number of hydrogen-bond donors (Lipinski definition) is 1. The molecule has 0 amide bonds. The molecule has 1 heteroatoms. The van der Waals surface area contributed by atoms with Crippen LogP contribution in [-0.2, 0) is 12.8 Å². The molecule has 0 radical (unpaired) electrons. The van der Waals surface area contributed by atoms with Crippen molar-refractivity contribution >= 4 is 0 Å². The lowest BCUT2D eigenvalue weighted by Gasteiger charge is -2.13.